The van der Waals surface area contributed by atoms with Crippen LogP contribution in [0, 0.1) is 0 Å². The van der Waals surface area contributed by atoms with Gasteiger partial charge in [0.15, 0.2) is 0 Å². The van der Waals surface area contributed by atoms with Crippen LogP contribution in [0.5, 0.6) is 5.75 Å². The van der Waals surface area contributed by atoms with E-state index in [2.05, 4.69) is 0 Å². The second-order valence-electron chi connectivity index (χ2n) is 2.27. The fourth-order valence-electron chi connectivity index (χ4n) is 0.772. The number of ether oxygens (including phenoxy) is 1. The van der Waals surface area contributed by atoms with Crippen LogP contribution in [0.2, 0.25) is 0 Å². The first kappa shape index (κ1) is 8.53. The predicted molar refractivity (Wildman–Crippen MR) is 47.3 cm³/mol. The molecule has 2 nitrogen and oxygen atoms in total. The SMILES string of the molecule is CC=COc1ccc(C=O)cc1. The Kier molecular flexibility index (Phi) is 3.08. The molecule has 1 aromatic carbocycles. The normalized spacial score (nSPS) is 10.1. The first-order chi connectivity index (χ1) is 5.86. The zero-order valence-electron chi connectivity index (χ0n) is 6.86. The van der Waals surface area contributed by atoms with E-state index in [9.17, 15) is 4.79 Å². The lowest BCUT2D eigenvalue weighted by Crippen LogP contribution is -1.82. The van der Waals surface area contributed by atoms with Gasteiger partial charge < -0.3 is 4.74 Å². The zero-order valence-corrected chi connectivity index (χ0v) is 6.86. The van der Waals surface area contributed by atoms with Gasteiger partial charge in [0.05, 0.1) is 6.26 Å². The van der Waals surface area contributed by atoms with Crippen molar-refractivity contribution in [3.05, 3.63) is 42.2 Å². The van der Waals surface area contributed by atoms with E-state index >= 15 is 0 Å². The first-order valence-corrected chi connectivity index (χ1v) is 3.70. The number of carbonyl (C=O) groups excluding carboxylic acids is 1. The van der Waals surface area contributed by atoms with Crippen LogP contribution < -0.4 is 4.74 Å². The van der Waals surface area contributed by atoms with Gasteiger partial charge in [0.25, 0.3) is 0 Å². The summed E-state index contributed by atoms with van der Waals surface area (Å²) < 4.78 is 5.16. The van der Waals surface area contributed by atoms with E-state index in [1.165, 1.54) is 0 Å². The molecule has 2 heteroatoms. The minimum Gasteiger partial charge on any atom is -0.465 e. The van der Waals surface area contributed by atoms with Gasteiger partial charge in [-0.15, -0.1) is 0 Å². The second-order valence-corrected chi connectivity index (χ2v) is 2.27. The van der Waals surface area contributed by atoms with Gasteiger partial charge in [0.2, 0.25) is 0 Å². The molecule has 0 aliphatic rings. The summed E-state index contributed by atoms with van der Waals surface area (Å²) in [6.07, 6.45) is 4.20. The van der Waals surface area contributed by atoms with Gasteiger partial charge in [-0.2, -0.15) is 0 Å². The van der Waals surface area contributed by atoms with E-state index in [0.29, 0.717) is 5.56 Å². The first-order valence-electron chi connectivity index (χ1n) is 3.70. The number of benzene rings is 1. The molecule has 1 aromatic rings. The number of aldehydes is 1. The summed E-state index contributed by atoms with van der Waals surface area (Å²) in [4.78, 5) is 10.3. The maximum absolute atomic E-state index is 10.3. The van der Waals surface area contributed by atoms with Crippen LogP contribution in [0.3, 0.4) is 0 Å². The summed E-state index contributed by atoms with van der Waals surface area (Å²) in [6, 6.07) is 6.94. The van der Waals surface area contributed by atoms with Gasteiger partial charge in [0, 0.05) is 5.56 Å². The molecule has 1 rings (SSSR count). The summed E-state index contributed by atoms with van der Waals surface area (Å²) in [7, 11) is 0. The Labute approximate surface area is 71.5 Å². The quantitative estimate of drug-likeness (QED) is 0.504. The Morgan fingerprint density at radius 2 is 1.92 bits per heavy atom. The van der Waals surface area contributed by atoms with Crippen molar-refractivity contribution in [3.63, 3.8) is 0 Å². The van der Waals surface area contributed by atoms with E-state index in [4.69, 9.17) is 4.74 Å². The van der Waals surface area contributed by atoms with E-state index in [1.807, 2.05) is 6.92 Å². The summed E-state index contributed by atoms with van der Waals surface area (Å²) in [5.41, 5.74) is 0.655. The number of hydrogen-bond acceptors (Lipinski definition) is 2. The van der Waals surface area contributed by atoms with Crippen LogP contribution in [-0.4, -0.2) is 6.29 Å². The second kappa shape index (κ2) is 4.34. The van der Waals surface area contributed by atoms with Gasteiger partial charge in [-0.25, -0.2) is 0 Å². The van der Waals surface area contributed by atoms with Crippen LogP contribution in [-0.2, 0) is 0 Å². The summed E-state index contributed by atoms with van der Waals surface area (Å²) >= 11 is 0. The van der Waals surface area contributed by atoms with Crippen LogP contribution in [0.4, 0.5) is 0 Å². The number of rotatable bonds is 3. The van der Waals surface area contributed by atoms with Gasteiger partial charge in [-0.1, -0.05) is 6.08 Å². The van der Waals surface area contributed by atoms with Crippen molar-refractivity contribution in [2.24, 2.45) is 0 Å². The number of carbonyl (C=O) groups is 1. The minimum atomic E-state index is 0.655. The Morgan fingerprint density at radius 1 is 1.25 bits per heavy atom. The molecule has 0 saturated heterocycles. The molecule has 0 atom stereocenters. The molecule has 0 saturated carbocycles. The topological polar surface area (TPSA) is 26.3 Å². The molecule has 0 aliphatic carbocycles. The highest BCUT2D eigenvalue weighted by molar-refractivity contribution is 5.74. The average Bonchev–Trinajstić information content (AvgIpc) is 2.15. The molecule has 0 heterocycles. The van der Waals surface area contributed by atoms with Crippen LogP contribution in [0.25, 0.3) is 0 Å². The Morgan fingerprint density at radius 3 is 2.42 bits per heavy atom. The lowest BCUT2D eigenvalue weighted by molar-refractivity contribution is 0.112. The van der Waals surface area contributed by atoms with E-state index in [0.717, 1.165) is 12.0 Å². The predicted octanol–water partition coefficient (Wildman–Crippen LogP) is 2.41. The molecule has 12 heavy (non-hydrogen) atoms. The molecule has 0 unspecified atom stereocenters. The maximum atomic E-state index is 10.3. The molecule has 62 valence electrons. The van der Waals surface area contributed by atoms with Crippen molar-refractivity contribution in [2.45, 2.75) is 6.92 Å². The van der Waals surface area contributed by atoms with E-state index in [1.54, 1.807) is 36.6 Å². The molecule has 0 bridgehead atoms. The fourth-order valence-corrected chi connectivity index (χ4v) is 0.772. The smallest absolute Gasteiger partial charge is 0.150 e. The van der Waals surface area contributed by atoms with Crippen LogP contribution in [0.1, 0.15) is 17.3 Å². The van der Waals surface area contributed by atoms with Crippen molar-refractivity contribution in [3.8, 4) is 5.75 Å². The van der Waals surface area contributed by atoms with E-state index < -0.39 is 0 Å². The summed E-state index contributed by atoms with van der Waals surface area (Å²) in [5, 5.41) is 0. The molecule has 0 radical (unpaired) electrons. The maximum Gasteiger partial charge on any atom is 0.150 e. The minimum absolute atomic E-state index is 0.655. The molecule has 0 N–H and O–H groups in total. The van der Waals surface area contributed by atoms with Gasteiger partial charge in [0.1, 0.15) is 12.0 Å². The van der Waals surface area contributed by atoms with Crippen molar-refractivity contribution in [1.29, 1.82) is 0 Å². The third-order valence-electron chi connectivity index (χ3n) is 1.36. The average molecular weight is 162 g/mol. The van der Waals surface area contributed by atoms with Crippen molar-refractivity contribution in [2.75, 3.05) is 0 Å². The molecular weight excluding hydrogens is 152 g/mol. The van der Waals surface area contributed by atoms with Gasteiger partial charge in [-0.3, -0.25) is 4.79 Å². The van der Waals surface area contributed by atoms with Gasteiger partial charge >= 0.3 is 0 Å². The lowest BCUT2D eigenvalue weighted by Gasteiger charge is -1.98. The molecule has 0 aliphatic heterocycles. The third-order valence-corrected chi connectivity index (χ3v) is 1.36. The Balaban J connectivity index is 2.70. The van der Waals surface area contributed by atoms with Crippen LogP contribution in [0.15, 0.2) is 36.6 Å². The molecule has 0 amide bonds. The van der Waals surface area contributed by atoms with Gasteiger partial charge in [-0.05, 0) is 31.2 Å². The summed E-state index contributed by atoms with van der Waals surface area (Å²) in [5.74, 6) is 0.735. The Hall–Kier alpha value is -1.57. The fraction of sp³-hybridized carbons (Fsp3) is 0.100. The van der Waals surface area contributed by atoms with Crippen LogP contribution >= 0.6 is 0 Å². The largest absolute Gasteiger partial charge is 0.465 e. The number of allylic oxidation sites excluding steroid dienone is 1. The third kappa shape index (κ3) is 2.23. The highest BCUT2D eigenvalue weighted by atomic mass is 16.5. The monoisotopic (exact) mass is 162 g/mol. The van der Waals surface area contributed by atoms with E-state index in [-0.39, 0.29) is 0 Å². The highest BCUT2D eigenvalue weighted by Gasteiger charge is 1.90. The molecule has 0 aromatic heterocycles. The van der Waals surface area contributed by atoms with Crippen molar-refractivity contribution >= 4 is 6.29 Å². The summed E-state index contributed by atoms with van der Waals surface area (Å²) in [6.45, 7) is 1.87. The molecular formula is C10H10O2. The molecule has 0 fully saturated rings. The standard InChI is InChI=1S/C10H10O2/c1-2-7-12-10-5-3-9(8-11)4-6-10/h2-8H,1H3. The van der Waals surface area contributed by atoms with Crippen molar-refractivity contribution < 1.29 is 9.53 Å². The lowest BCUT2D eigenvalue weighted by atomic mass is 10.2. The zero-order chi connectivity index (χ0) is 8.81. The Bertz CT molecular complexity index is 272. The number of hydrogen-bond donors (Lipinski definition) is 0. The van der Waals surface area contributed by atoms with Crippen molar-refractivity contribution in [1.82, 2.24) is 0 Å². The highest BCUT2D eigenvalue weighted by Crippen LogP contribution is 2.10. The molecule has 0 spiro atoms.